The molecule has 4 rings (SSSR count). The third kappa shape index (κ3) is 5.11. The first kappa shape index (κ1) is 23.9. The van der Waals surface area contributed by atoms with Gasteiger partial charge < -0.3 is 5.32 Å². The summed E-state index contributed by atoms with van der Waals surface area (Å²) in [6.45, 7) is 2.15. The SMILES string of the molecule is C[C@H](c1nc2ccccc2s1)N(C)CC(=O)Nc1cccc(S(=O)(=O)N(C)c2ccccc2)c1. The molecule has 0 fully saturated rings. The molecule has 1 aromatic heterocycles. The number of amides is 1. The van der Waals surface area contributed by atoms with Crippen LogP contribution >= 0.6 is 11.3 Å². The fourth-order valence-corrected chi connectivity index (χ4v) is 5.82. The van der Waals surface area contributed by atoms with Crippen LogP contribution in [0.15, 0.2) is 83.8 Å². The van der Waals surface area contributed by atoms with E-state index in [1.165, 1.54) is 23.5 Å². The summed E-state index contributed by atoms with van der Waals surface area (Å²) in [4.78, 5) is 19.4. The number of thiazole rings is 1. The van der Waals surface area contributed by atoms with Crippen molar-refractivity contribution < 1.29 is 13.2 Å². The van der Waals surface area contributed by atoms with Gasteiger partial charge in [0.15, 0.2) is 0 Å². The normalized spacial score (nSPS) is 12.6. The number of carbonyl (C=O) groups excluding carboxylic acids is 1. The number of fused-ring (bicyclic) bond motifs is 1. The lowest BCUT2D eigenvalue weighted by molar-refractivity contribution is -0.117. The van der Waals surface area contributed by atoms with E-state index in [2.05, 4.69) is 10.3 Å². The lowest BCUT2D eigenvalue weighted by atomic mass is 10.3. The van der Waals surface area contributed by atoms with Crippen LogP contribution in [0.2, 0.25) is 0 Å². The zero-order chi connectivity index (χ0) is 24.3. The van der Waals surface area contributed by atoms with Gasteiger partial charge in [-0.1, -0.05) is 36.4 Å². The third-order valence-electron chi connectivity index (χ3n) is 5.62. The van der Waals surface area contributed by atoms with Gasteiger partial charge in [0, 0.05) is 12.7 Å². The minimum atomic E-state index is -3.77. The Kier molecular flexibility index (Phi) is 6.97. The maximum Gasteiger partial charge on any atom is 0.264 e. The minimum Gasteiger partial charge on any atom is -0.325 e. The summed E-state index contributed by atoms with van der Waals surface area (Å²) in [5.74, 6) is -0.235. The summed E-state index contributed by atoms with van der Waals surface area (Å²) >= 11 is 1.61. The van der Waals surface area contributed by atoms with Gasteiger partial charge in [-0.2, -0.15) is 0 Å². The highest BCUT2D eigenvalue weighted by atomic mass is 32.2. The molecule has 4 aromatic rings. The Labute approximate surface area is 203 Å². The lowest BCUT2D eigenvalue weighted by Gasteiger charge is -2.22. The van der Waals surface area contributed by atoms with Gasteiger partial charge in [-0.3, -0.25) is 14.0 Å². The first-order valence-electron chi connectivity index (χ1n) is 10.8. The molecule has 1 amide bonds. The molecule has 34 heavy (non-hydrogen) atoms. The molecule has 7 nitrogen and oxygen atoms in total. The van der Waals surface area contributed by atoms with Gasteiger partial charge in [0.25, 0.3) is 10.0 Å². The molecular weight excluding hydrogens is 468 g/mol. The molecule has 1 atom stereocenters. The van der Waals surface area contributed by atoms with Gasteiger partial charge in [0.1, 0.15) is 5.01 Å². The third-order valence-corrected chi connectivity index (χ3v) is 8.61. The number of aromatic nitrogens is 1. The van der Waals surface area contributed by atoms with Crippen molar-refractivity contribution in [3.63, 3.8) is 0 Å². The maximum atomic E-state index is 13.1. The number of para-hydroxylation sites is 2. The van der Waals surface area contributed by atoms with Crippen molar-refractivity contribution in [1.29, 1.82) is 0 Å². The summed E-state index contributed by atoms with van der Waals surface area (Å²) in [5.41, 5.74) is 1.93. The van der Waals surface area contributed by atoms with Gasteiger partial charge >= 0.3 is 0 Å². The first-order chi connectivity index (χ1) is 16.3. The van der Waals surface area contributed by atoms with Crippen LogP contribution in [-0.4, -0.2) is 44.8 Å². The van der Waals surface area contributed by atoms with E-state index in [-0.39, 0.29) is 23.4 Å². The Morgan fingerprint density at radius 2 is 1.71 bits per heavy atom. The van der Waals surface area contributed by atoms with Crippen LogP contribution in [0.5, 0.6) is 0 Å². The van der Waals surface area contributed by atoms with E-state index in [1.807, 2.05) is 49.2 Å². The molecule has 3 aromatic carbocycles. The van der Waals surface area contributed by atoms with Gasteiger partial charge in [-0.05, 0) is 56.4 Å². The van der Waals surface area contributed by atoms with Gasteiger partial charge in [-0.25, -0.2) is 13.4 Å². The Bertz CT molecular complexity index is 1370. The molecule has 1 N–H and O–H groups in total. The van der Waals surface area contributed by atoms with Crippen LogP contribution in [-0.2, 0) is 14.8 Å². The van der Waals surface area contributed by atoms with Crippen LogP contribution in [0.1, 0.15) is 18.0 Å². The highest BCUT2D eigenvalue weighted by molar-refractivity contribution is 7.92. The number of sulfonamides is 1. The number of hydrogen-bond donors (Lipinski definition) is 1. The number of anilines is 2. The summed E-state index contributed by atoms with van der Waals surface area (Å²) in [7, 11) is -0.396. The Morgan fingerprint density at radius 3 is 2.44 bits per heavy atom. The zero-order valence-corrected chi connectivity index (χ0v) is 20.8. The predicted molar refractivity (Wildman–Crippen MR) is 138 cm³/mol. The largest absolute Gasteiger partial charge is 0.325 e. The number of likely N-dealkylation sites (N-methyl/N-ethyl adjacent to an activating group) is 1. The van der Waals surface area contributed by atoms with Gasteiger partial charge in [0.2, 0.25) is 5.91 Å². The molecule has 1 heterocycles. The molecule has 0 aliphatic heterocycles. The van der Waals surface area contributed by atoms with Crippen LogP contribution in [0.3, 0.4) is 0 Å². The molecule has 0 unspecified atom stereocenters. The van der Waals surface area contributed by atoms with E-state index in [1.54, 1.807) is 47.7 Å². The quantitative estimate of drug-likeness (QED) is 0.382. The molecule has 0 saturated carbocycles. The monoisotopic (exact) mass is 494 g/mol. The van der Waals surface area contributed by atoms with E-state index in [4.69, 9.17) is 0 Å². The number of nitrogens with one attached hydrogen (secondary N) is 1. The number of rotatable bonds is 8. The molecule has 0 aliphatic rings. The Balaban J connectivity index is 1.43. The van der Waals surface area contributed by atoms with Crippen LogP contribution in [0, 0.1) is 0 Å². The highest BCUT2D eigenvalue weighted by Crippen LogP contribution is 2.29. The van der Waals surface area contributed by atoms with Crippen molar-refractivity contribution in [2.45, 2.75) is 17.9 Å². The number of nitrogens with zero attached hydrogens (tertiary/aromatic N) is 3. The van der Waals surface area contributed by atoms with Crippen molar-refractivity contribution >= 4 is 48.9 Å². The molecule has 176 valence electrons. The lowest BCUT2D eigenvalue weighted by Crippen LogP contribution is -2.32. The molecule has 0 radical (unpaired) electrons. The summed E-state index contributed by atoms with van der Waals surface area (Å²) in [6, 6.07) is 23.0. The van der Waals surface area contributed by atoms with E-state index >= 15 is 0 Å². The second-order valence-electron chi connectivity index (χ2n) is 8.00. The number of hydrogen-bond acceptors (Lipinski definition) is 6. The molecular formula is C25H26N4O3S2. The van der Waals surface area contributed by atoms with Crippen molar-refractivity contribution in [2.75, 3.05) is 30.3 Å². The Hall–Kier alpha value is -3.27. The van der Waals surface area contributed by atoms with Crippen LogP contribution < -0.4 is 9.62 Å². The van der Waals surface area contributed by atoms with Crippen molar-refractivity contribution in [3.05, 3.63) is 83.9 Å². The van der Waals surface area contributed by atoms with Gasteiger partial charge in [-0.15, -0.1) is 11.3 Å². The molecule has 0 saturated heterocycles. The molecule has 9 heteroatoms. The fraction of sp³-hybridized carbons (Fsp3) is 0.200. The summed E-state index contributed by atoms with van der Waals surface area (Å²) in [6.07, 6.45) is 0. The van der Waals surface area contributed by atoms with Crippen LogP contribution in [0.4, 0.5) is 11.4 Å². The van der Waals surface area contributed by atoms with Gasteiger partial charge in [0.05, 0.1) is 33.4 Å². The average Bonchev–Trinajstić information content (AvgIpc) is 3.28. The smallest absolute Gasteiger partial charge is 0.264 e. The minimum absolute atomic E-state index is 0.0469. The predicted octanol–water partition coefficient (Wildman–Crippen LogP) is 4.75. The van der Waals surface area contributed by atoms with E-state index in [0.29, 0.717) is 11.4 Å². The fourth-order valence-electron chi connectivity index (χ4n) is 3.49. The maximum absolute atomic E-state index is 13.1. The molecule has 0 spiro atoms. The number of carbonyl (C=O) groups is 1. The van der Waals surface area contributed by atoms with Crippen molar-refractivity contribution in [2.24, 2.45) is 0 Å². The second-order valence-corrected chi connectivity index (χ2v) is 11.0. The topological polar surface area (TPSA) is 82.6 Å². The molecule has 0 bridgehead atoms. The summed E-state index contributed by atoms with van der Waals surface area (Å²) < 4.78 is 28.5. The highest BCUT2D eigenvalue weighted by Gasteiger charge is 2.22. The van der Waals surface area contributed by atoms with Crippen molar-refractivity contribution in [1.82, 2.24) is 9.88 Å². The Morgan fingerprint density at radius 1 is 1.00 bits per heavy atom. The van der Waals surface area contributed by atoms with Crippen LogP contribution in [0.25, 0.3) is 10.2 Å². The average molecular weight is 495 g/mol. The van der Waals surface area contributed by atoms with E-state index in [0.717, 1.165) is 15.2 Å². The molecule has 0 aliphatic carbocycles. The van der Waals surface area contributed by atoms with E-state index in [9.17, 15) is 13.2 Å². The standard InChI is InChI=1S/C25H26N4O3S2/c1-18(25-27-22-14-7-8-15-23(22)33-25)28(2)17-24(30)26-19-10-9-13-21(16-19)34(31,32)29(3)20-11-5-4-6-12-20/h4-16,18H,17H2,1-3H3,(H,26,30)/t18-/m1/s1. The number of benzene rings is 3. The zero-order valence-electron chi connectivity index (χ0n) is 19.2. The van der Waals surface area contributed by atoms with E-state index < -0.39 is 10.0 Å². The van der Waals surface area contributed by atoms with Crippen molar-refractivity contribution in [3.8, 4) is 0 Å². The second kappa shape index (κ2) is 9.92. The summed E-state index contributed by atoms with van der Waals surface area (Å²) in [5, 5.41) is 3.75. The first-order valence-corrected chi connectivity index (χ1v) is 13.0.